The van der Waals surface area contributed by atoms with Crippen molar-refractivity contribution in [2.75, 3.05) is 33.9 Å². The Kier molecular flexibility index (Phi) is 4.84. The molecule has 0 aliphatic carbocycles. The maximum absolute atomic E-state index is 11.4. The highest BCUT2D eigenvalue weighted by Crippen LogP contribution is 2.25. The molecule has 0 amide bonds. The van der Waals surface area contributed by atoms with E-state index >= 15 is 0 Å². The summed E-state index contributed by atoms with van der Waals surface area (Å²) in [5.41, 5.74) is 0. The van der Waals surface area contributed by atoms with Crippen LogP contribution >= 0.6 is 0 Å². The van der Waals surface area contributed by atoms with Gasteiger partial charge in [0.1, 0.15) is 18.1 Å². The molecule has 1 heterocycles. The Morgan fingerprint density at radius 3 is 2.85 bits per heavy atom. The Morgan fingerprint density at radius 2 is 2.25 bits per heavy atom. The lowest BCUT2D eigenvalue weighted by Gasteiger charge is -2.20. The molecule has 5 heteroatoms. The van der Waals surface area contributed by atoms with E-state index in [4.69, 9.17) is 9.47 Å². The van der Waals surface area contributed by atoms with Crippen LogP contribution < -0.4 is 9.47 Å². The van der Waals surface area contributed by atoms with Gasteiger partial charge in [-0.1, -0.05) is 6.07 Å². The van der Waals surface area contributed by atoms with Gasteiger partial charge in [0.25, 0.3) is 0 Å². The van der Waals surface area contributed by atoms with Crippen molar-refractivity contribution in [2.45, 2.75) is 6.42 Å². The maximum Gasteiger partial charge on any atom is 0.310 e. The predicted octanol–water partition coefficient (Wildman–Crippen LogP) is 1.73. The van der Waals surface area contributed by atoms with E-state index < -0.39 is 11.9 Å². The summed E-state index contributed by atoms with van der Waals surface area (Å²) < 4.78 is 10.8. The Morgan fingerprint density at radius 1 is 1.50 bits per heavy atom. The van der Waals surface area contributed by atoms with E-state index in [1.165, 1.54) is 0 Å². The minimum absolute atomic E-state index is 0.156. The number of hydrogen-bond acceptors (Lipinski definition) is 4. The van der Waals surface area contributed by atoms with Crippen LogP contribution in [-0.4, -0.2) is 49.8 Å². The zero-order valence-corrected chi connectivity index (χ0v) is 11.9. The summed E-state index contributed by atoms with van der Waals surface area (Å²) in [5, 5.41) is 9.38. The van der Waals surface area contributed by atoms with E-state index in [-0.39, 0.29) is 12.5 Å². The monoisotopic (exact) mass is 279 g/mol. The molecule has 0 radical (unpaired) electrons. The largest absolute Gasteiger partial charge is 0.497 e. The number of nitrogens with zero attached hydrogens (tertiary/aromatic N) is 1. The first-order valence-electron chi connectivity index (χ1n) is 6.78. The van der Waals surface area contributed by atoms with E-state index in [9.17, 15) is 9.90 Å². The van der Waals surface area contributed by atoms with Crippen molar-refractivity contribution in [3.63, 3.8) is 0 Å². The van der Waals surface area contributed by atoms with Crippen LogP contribution in [0.5, 0.6) is 11.5 Å². The fourth-order valence-corrected chi connectivity index (χ4v) is 2.58. The minimum Gasteiger partial charge on any atom is -0.497 e. The normalized spacial score (nSPS) is 20.6. The molecule has 0 aromatic heterocycles. The molecule has 1 aliphatic rings. The highest BCUT2D eigenvalue weighted by Gasteiger charge is 2.33. The molecule has 1 aliphatic heterocycles. The lowest BCUT2D eigenvalue weighted by molar-refractivity contribution is -0.144. The molecular weight excluding hydrogens is 258 g/mol. The second-order valence-electron chi connectivity index (χ2n) is 5.25. The standard InChI is InChI=1S/C15H21NO4/c1-16-7-6-11(9-16)14(15(17)18)10-20-13-5-3-4-12(8-13)19-2/h3-5,8,11,14H,6-7,9-10H2,1-2H3,(H,17,18). The summed E-state index contributed by atoms with van der Waals surface area (Å²) in [7, 11) is 3.61. The average molecular weight is 279 g/mol. The summed E-state index contributed by atoms with van der Waals surface area (Å²) in [6, 6.07) is 7.22. The second-order valence-corrected chi connectivity index (χ2v) is 5.25. The number of carboxylic acids is 1. The molecule has 5 nitrogen and oxygen atoms in total. The Bertz CT molecular complexity index is 463. The first kappa shape index (κ1) is 14.7. The molecule has 2 unspecified atom stereocenters. The SMILES string of the molecule is COc1cccc(OCC(C(=O)O)C2CCN(C)C2)c1. The van der Waals surface area contributed by atoms with Crippen LogP contribution in [0.3, 0.4) is 0 Å². The van der Waals surface area contributed by atoms with Gasteiger partial charge in [-0.3, -0.25) is 4.79 Å². The van der Waals surface area contributed by atoms with Gasteiger partial charge < -0.3 is 19.5 Å². The van der Waals surface area contributed by atoms with Crippen LogP contribution in [0.1, 0.15) is 6.42 Å². The van der Waals surface area contributed by atoms with Crippen molar-refractivity contribution in [3.8, 4) is 11.5 Å². The number of carbonyl (C=O) groups is 1. The molecule has 2 rings (SSSR count). The van der Waals surface area contributed by atoms with E-state index in [1.54, 1.807) is 13.2 Å². The number of likely N-dealkylation sites (tertiary alicyclic amines) is 1. The smallest absolute Gasteiger partial charge is 0.310 e. The van der Waals surface area contributed by atoms with Crippen molar-refractivity contribution in [3.05, 3.63) is 24.3 Å². The lowest BCUT2D eigenvalue weighted by Crippen LogP contribution is -2.31. The molecule has 110 valence electrons. The first-order chi connectivity index (χ1) is 9.60. The molecule has 0 saturated carbocycles. The third kappa shape index (κ3) is 3.63. The van der Waals surface area contributed by atoms with Crippen molar-refractivity contribution in [1.82, 2.24) is 4.90 Å². The van der Waals surface area contributed by atoms with E-state index in [0.29, 0.717) is 11.5 Å². The van der Waals surface area contributed by atoms with Gasteiger partial charge >= 0.3 is 5.97 Å². The number of carboxylic acid groups (broad SMARTS) is 1. The number of hydrogen-bond donors (Lipinski definition) is 1. The minimum atomic E-state index is -0.784. The molecule has 2 atom stereocenters. The van der Waals surface area contributed by atoms with Gasteiger partial charge in [0, 0.05) is 12.6 Å². The summed E-state index contributed by atoms with van der Waals surface area (Å²) in [6.45, 7) is 1.97. The molecule has 20 heavy (non-hydrogen) atoms. The van der Waals surface area contributed by atoms with Gasteiger partial charge in [-0.15, -0.1) is 0 Å². The Balaban J connectivity index is 1.96. The number of aliphatic carboxylic acids is 1. The lowest BCUT2D eigenvalue weighted by atomic mass is 9.92. The summed E-state index contributed by atoms with van der Waals surface area (Å²) in [5.74, 6) is 0.249. The fraction of sp³-hybridized carbons (Fsp3) is 0.533. The Labute approximate surface area is 119 Å². The van der Waals surface area contributed by atoms with Crippen LogP contribution in [0.2, 0.25) is 0 Å². The second kappa shape index (κ2) is 6.61. The molecule has 1 aromatic rings. The summed E-state index contributed by atoms with van der Waals surface area (Å²) in [4.78, 5) is 13.6. The molecule has 1 fully saturated rings. The molecule has 1 N–H and O–H groups in total. The van der Waals surface area contributed by atoms with Gasteiger partial charge in [-0.25, -0.2) is 0 Å². The van der Waals surface area contributed by atoms with Crippen molar-refractivity contribution in [1.29, 1.82) is 0 Å². The third-order valence-electron chi connectivity index (χ3n) is 3.78. The van der Waals surface area contributed by atoms with Crippen molar-refractivity contribution < 1.29 is 19.4 Å². The number of methoxy groups -OCH3 is 1. The van der Waals surface area contributed by atoms with Crippen LogP contribution in [-0.2, 0) is 4.79 Å². The van der Waals surface area contributed by atoms with E-state index in [1.807, 2.05) is 25.2 Å². The van der Waals surface area contributed by atoms with Gasteiger partial charge in [0.2, 0.25) is 0 Å². The molecule has 1 saturated heterocycles. The summed E-state index contributed by atoms with van der Waals surface area (Å²) >= 11 is 0. The first-order valence-corrected chi connectivity index (χ1v) is 6.78. The quantitative estimate of drug-likeness (QED) is 0.859. The number of benzene rings is 1. The Hall–Kier alpha value is -1.75. The van der Waals surface area contributed by atoms with Crippen LogP contribution in [0.4, 0.5) is 0 Å². The van der Waals surface area contributed by atoms with Crippen molar-refractivity contribution >= 4 is 5.97 Å². The fourth-order valence-electron chi connectivity index (χ4n) is 2.58. The van der Waals surface area contributed by atoms with Gasteiger partial charge in [0.15, 0.2) is 0 Å². The van der Waals surface area contributed by atoms with Crippen LogP contribution in [0.25, 0.3) is 0 Å². The summed E-state index contributed by atoms with van der Waals surface area (Å²) in [6.07, 6.45) is 0.912. The van der Waals surface area contributed by atoms with Gasteiger partial charge in [0.05, 0.1) is 13.0 Å². The van der Waals surface area contributed by atoms with E-state index in [2.05, 4.69) is 4.90 Å². The van der Waals surface area contributed by atoms with Gasteiger partial charge in [-0.05, 0) is 38.1 Å². The molecular formula is C15H21NO4. The zero-order chi connectivity index (χ0) is 14.5. The third-order valence-corrected chi connectivity index (χ3v) is 3.78. The van der Waals surface area contributed by atoms with E-state index in [0.717, 1.165) is 19.5 Å². The molecule has 0 spiro atoms. The highest BCUT2D eigenvalue weighted by molar-refractivity contribution is 5.70. The molecule has 0 bridgehead atoms. The van der Waals surface area contributed by atoms with Crippen molar-refractivity contribution in [2.24, 2.45) is 11.8 Å². The maximum atomic E-state index is 11.4. The molecule has 1 aromatic carbocycles. The highest BCUT2D eigenvalue weighted by atomic mass is 16.5. The number of ether oxygens (including phenoxy) is 2. The number of rotatable bonds is 6. The predicted molar refractivity (Wildman–Crippen MR) is 75.2 cm³/mol. The topological polar surface area (TPSA) is 59.0 Å². The van der Waals surface area contributed by atoms with Crippen LogP contribution in [0.15, 0.2) is 24.3 Å². The average Bonchev–Trinajstić information content (AvgIpc) is 2.85. The van der Waals surface area contributed by atoms with Gasteiger partial charge in [-0.2, -0.15) is 0 Å². The zero-order valence-electron chi connectivity index (χ0n) is 11.9. The van der Waals surface area contributed by atoms with Crippen LogP contribution in [0, 0.1) is 11.8 Å².